The third kappa shape index (κ3) is 3.29. The lowest BCUT2D eigenvalue weighted by molar-refractivity contribution is 0.0488. The highest BCUT2D eigenvalue weighted by molar-refractivity contribution is 5.97. The van der Waals surface area contributed by atoms with E-state index in [0.717, 1.165) is 30.4 Å². The van der Waals surface area contributed by atoms with E-state index >= 15 is 0 Å². The molecule has 2 unspecified atom stereocenters. The van der Waals surface area contributed by atoms with Crippen molar-refractivity contribution in [2.45, 2.75) is 46.2 Å². The van der Waals surface area contributed by atoms with Crippen LogP contribution >= 0.6 is 0 Å². The van der Waals surface area contributed by atoms with E-state index < -0.39 is 0 Å². The maximum Gasteiger partial charge on any atom is 0.255 e. The van der Waals surface area contributed by atoms with Gasteiger partial charge in [0.25, 0.3) is 5.91 Å². The zero-order valence-corrected chi connectivity index (χ0v) is 14.6. The molecule has 2 aromatic rings. The predicted molar refractivity (Wildman–Crippen MR) is 92.7 cm³/mol. The van der Waals surface area contributed by atoms with Gasteiger partial charge in [-0.2, -0.15) is 5.10 Å². The maximum atomic E-state index is 12.9. The van der Waals surface area contributed by atoms with Crippen LogP contribution in [0.15, 0.2) is 18.5 Å². The molecule has 0 radical (unpaired) electrons. The first kappa shape index (κ1) is 16.9. The average molecular weight is 330 g/mol. The van der Waals surface area contributed by atoms with Gasteiger partial charge in [0.05, 0.1) is 11.8 Å². The molecule has 2 aromatic heterocycles. The largest absolute Gasteiger partial charge is 0.396 e. The number of fused-ring (bicyclic) bond motifs is 1. The summed E-state index contributed by atoms with van der Waals surface area (Å²) >= 11 is 0. The fraction of sp³-hybridized carbons (Fsp3) is 0.611. The third-order valence-corrected chi connectivity index (χ3v) is 4.76. The lowest BCUT2D eigenvalue weighted by atomic mass is 9.93. The topological polar surface area (TPSA) is 71.2 Å². The Balaban J connectivity index is 1.84. The molecule has 2 atom stereocenters. The zero-order valence-electron chi connectivity index (χ0n) is 14.6. The molecule has 0 spiro atoms. The van der Waals surface area contributed by atoms with Gasteiger partial charge in [-0.25, -0.2) is 9.67 Å². The standard InChI is InChI=1S/C18H26N4O2/c1-12(2)9-22-17-15(8-20-22)6-16(7-19-17)18(24)21-10-14(11-23)5-4-13(21)3/h6-8,12-14,23H,4-5,9-11H2,1-3H3. The molecule has 1 saturated heterocycles. The van der Waals surface area contributed by atoms with Crippen molar-refractivity contribution in [3.05, 3.63) is 24.0 Å². The fourth-order valence-electron chi connectivity index (χ4n) is 3.35. The summed E-state index contributed by atoms with van der Waals surface area (Å²) < 4.78 is 1.89. The third-order valence-electron chi connectivity index (χ3n) is 4.76. The van der Waals surface area contributed by atoms with Crippen LogP contribution in [0.1, 0.15) is 44.0 Å². The van der Waals surface area contributed by atoms with Crippen LogP contribution in [0.5, 0.6) is 0 Å². The summed E-state index contributed by atoms with van der Waals surface area (Å²) in [6.45, 7) is 7.90. The lowest BCUT2D eigenvalue weighted by Gasteiger charge is -2.37. The minimum absolute atomic E-state index is 0.00772. The Morgan fingerprint density at radius 2 is 2.17 bits per heavy atom. The molecule has 1 aliphatic rings. The van der Waals surface area contributed by atoms with Gasteiger partial charge < -0.3 is 10.0 Å². The molecule has 1 amide bonds. The molecule has 0 saturated carbocycles. The molecule has 6 nitrogen and oxygen atoms in total. The number of carbonyl (C=O) groups excluding carboxylic acids is 1. The Hall–Kier alpha value is -1.95. The van der Waals surface area contributed by atoms with Crippen LogP contribution in [0.25, 0.3) is 11.0 Å². The second-order valence-electron chi connectivity index (χ2n) is 7.29. The van der Waals surface area contributed by atoms with Crippen LogP contribution in [0.4, 0.5) is 0 Å². The van der Waals surface area contributed by atoms with Crippen molar-refractivity contribution >= 4 is 16.9 Å². The number of aromatic nitrogens is 3. The zero-order chi connectivity index (χ0) is 17.3. The van der Waals surface area contributed by atoms with Crippen LogP contribution in [-0.4, -0.2) is 49.9 Å². The highest BCUT2D eigenvalue weighted by atomic mass is 16.3. The minimum Gasteiger partial charge on any atom is -0.396 e. The number of hydrogen-bond acceptors (Lipinski definition) is 4. The molecular formula is C18H26N4O2. The first-order valence-electron chi connectivity index (χ1n) is 8.73. The van der Waals surface area contributed by atoms with Gasteiger partial charge in [0.1, 0.15) is 0 Å². The summed E-state index contributed by atoms with van der Waals surface area (Å²) in [6, 6.07) is 2.07. The van der Waals surface area contributed by atoms with Gasteiger partial charge in [0.15, 0.2) is 5.65 Å². The van der Waals surface area contributed by atoms with E-state index in [2.05, 4.69) is 30.9 Å². The Labute approximate surface area is 142 Å². The van der Waals surface area contributed by atoms with E-state index in [-0.39, 0.29) is 24.5 Å². The summed E-state index contributed by atoms with van der Waals surface area (Å²) in [5.41, 5.74) is 1.41. The fourth-order valence-corrected chi connectivity index (χ4v) is 3.35. The van der Waals surface area contributed by atoms with Crippen molar-refractivity contribution in [2.75, 3.05) is 13.2 Å². The van der Waals surface area contributed by atoms with Gasteiger partial charge in [0, 0.05) is 37.3 Å². The Morgan fingerprint density at radius 3 is 2.88 bits per heavy atom. The minimum atomic E-state index is -0.00772. The molecule has 3 rings (SSSR count). The predicted octanol–water partition coefficient (Wildman–Crippen LogP) is 2.32. The molecule has 1 fully saturated rings. The summed E-state index contributed by atoms with van der Waals surface area (Å²) in [5.74, 6) is 0.656. The molecule has 0 aromatic carbocycles. The van der Waals surface area contributed by atoms with Crippen molar-refractivity contribution in [1.82, 2.24) is 19.7 Å². The molecule has 0 aliphatic carbocycles. The van der Waals surface area contributed by atoms with Crippen LogP contribution in [0.2, 0.25) is 0 Å². The highest BCUT2D eigenvalue weighted by Crippen LogP contribution is 2.24. The van der Waals surface area contributed by atoms with E-state index in [0.29, 0.717) is 18.0 Å². The molecule has 130 valence electrons. The first-order chi connectivity index (χ1) is 11.5. The maximum absolute atomic E-state index is 12.9. The number of carbonyl (C=O) groups is 1. The second kappa shape index (κ2) is 6.89. The number of pyridine rings is 1. The van der Waals surface area contributed by atoms with Crippen LogP contribution in [-0.2, 0) is 6.54 Å². The van der Waals surface area contributed by atoms with Crippen molar-refractivity contribution < 1.29 is 9.90 Å². The summed E-state index contributed by atoms with van der Waals surface area (Å²) in [7, 11) is 0. The monoisotopic (exact) mass is 330 g/mol. The number of aliphatic hydroxyl groups is 1. The highest BCUT2D eigenvalue weighted by Gasteiger charge is 2.29. The number of amides is 1. The SMILES string of the molecule is CC(C)Cn1ncc2cc(C(=O)N3CC(CO)CCC3C)cnc21. The van der Waals surface area contributed by atoms with Crippen LogP contribution in [0, 0.1) is 11.8 Å². The van der Waals surface area contributed by atoms with Crippen LogP contribution in [0.3, 0.4) is 0 Å². The Bertz CT molecular complexity index is 725. The number of rotatable bonds is 4. The van der Waals surface area contributed by atoms with Gasteiger partial charge >= 0.3 is 0 Å². The normalized spacial score (nSPS) is 21.6. The quantitative estimate of drug-likeness (QED) is 0.934. The van der Waals surface area contributed by atoms with E-state index in [9.17, 15) is 9.90 Å². The van der Waals surface area contributed by atoms with Crippen molar-refractivity contribution in [3.63, 3.8) is 0 Å². The second-order valence-corrected chi connectivity index (χ2v) is 7.29. The summed E-state index contributed by atoms with van der Waals surface area (Å²) in [5, 5.41) is 14.7. The number of piperidine rings is 1. The van der Waals surface area contributed by atoms with Crippen molar-refractivity contribution in [2.24, 2.45) is 11.8 Å². The lowest BCUT2D eigenvalue weighted by Crippen LogP contribution is -2.46. The van der Waals surface area contributed by atoms with Crippen LogP contribution < -0.4 is 0 Å². The van der Waals surface area contributed by atoms with Gasteiger partial charge in [-0.1, -0.05) is 13.8 Å². The molecule has 6 heteroatoms. The van der Waals surface area contributed by atoms with E-state index in [1.807, 2.05) is 15.6 Å². The molecular weight excluding hydrogens is 304 g/mol. The van der Waals surface area contributed by atoms with E-state index in [1.165, 1.54) is 0 Å². The van der Waals surface area contributed by atoms with Gasteiger partial charge in [0.2, 0.25) is 0 Å². The number of hydrogen-bond donors (Lipinski definition) is 1. The van der Waals surface area contributed by atoms with Gasteiger partial charge in [-0.05, 0) is 37.7 Å². The number of nitrogens with zero attached hydrogens (tertiary/aromatic N) is 4. The first-order valence-corrected chi connectivity index (χ1v) is 8.73. The molecule has 0 bridgehead atoms. The van der Waals surface area contributed by atoms with Crippen molar-refractivity contribution in [3.8, 4) is 0 Å². The molecule has 1 aliphatic heterocycles. The number of likely N-dealkylation sites (tertiary alicyclic amines) is 1. The Kier molecular flexibility index (Phi) is 4.85. The number of aliphatic hydroxyl groups excluding tert-OH is 1. The molecule has 24 heavy (non-hydrogen) atoms. The molecule has 1 N–H and O–H groups in total. The van der Waals surface area contributed by atoms with E-state index in [4.69, 9.17) is 0 Å². The summed E-state index contributed by atoms with van der Waals surface area (Å²) in [4.78, 5) is 19.2. The molecule has 3 heterocycles. The average Bonchev–Trinajstić information content (AvgIpc) is 2.96. The van der Waals surface area contributed by atoms with E-state index in [1.54, 1.807) is 12.4 Å². The smallest absolute Gasteiger partial charge is 0.255 e. The van der Waals surface area contributed by atoms with Gasteiger partial charge in [-0.3, -0.25) is 4.79 Å². The Morgan fingerprint density at radius 1 is 1.38 bits per heavy atom. The van der Waals surface area contributed by atoms with Crippen molar-refractivity contribution in [1.29, 1.82) is 0 Å². The summed E-state index contributed by atoms with van der Waals surface area (Å²) in [6.07, 6.45) is 5.33. The van der Waals surface area contributed by atoms with Gasteiger partial charge in [-0.15, -0.1) is 0 Å².